The summed E-state index contributed by atoms with van der Waals surface area (Å²) in [6.07, 6.45) is 7.16. The largest absolute Gasteiger partial charge is 0.355 e. The molecule has 1 unspecified atom stereocenters. The molecule has 1 aliphatic rings. The first-order valence-corrected chi connectivity index (χ1v) is 6.79. The second-order valence-electron chi connectivity index (χ2n) is 4.23. The molecule has 16 heavy (non-hydrogen) atoms. The van der Waals surface area contributed by atoms with E-state index in [9.17, 15) is 0 Å². The van der Waals surface area contributed by atoms with Gasteiger partial charge >= 0.3 is 0 Å². The van der Waals surface area contributed by atoms with Gasteiger partial charge in [-0.25, -0.2) is 9.97 Å². The van der Waals surface area contributed by atoms with Crippen LogP contribution in [0.3, 0.4) is 0 Å². The normalized spacial score (nSPS) is 21.1. The second-order valence-corrected chi connectivity index (χ2v) is 5.39. The molecule has 5 heteroatoms. The van der Waals surface area contributed by atoms with Gasteiger partial charge in [0.15, 0.2) is 0 Å². The maximum absolute atomic E-state index is 5.63. The van der Waals surface area contributed by atoms with Gasteiger partial charge in [-0.1, -0.05) is 0 Å². The molecule has 0 bridgehead atoms. The molecule has 1 aromatic rings. The Labute approximate surface area is 110 Å². The van der Waals surface area contributed by atoms with Crippen molar-refractivity contribution in [2.75, 3.05) is 24.5 Å². The molecule has 1 fully saturated rings. The number of hydrogen-bond acceptors (Lipinski definition) is 4. The van der Waals surface area contributed by atoms with Gasteiger partial charge < -0.3 is 10.6 Å². The number of anilines is 1. The van der Waals surface area contributed by atoms with Crippen LogP contribution in [0.25, 0.3) is 0 Å². The SMILES string of the molecule is NCCC1CCCN(c2ncncc2I)C1. The highest BCUT2D eigenvalue weighted by Crippen LogP contribution is 2.25. The topological polar surface area (TPSA) is 55.0 Å². The van der Waals surface area contributed by atoms with Crippen molar-refractivity contribution in [2.45, 2.75) is 19.3 Å². The molecule has 4 nitrogen and oxygen atoms in total. The zero-order chi connectivity index (χ0) is 11.4. The molecular weight excluding hydrogens is 315 g/mol. The van der Waals surface area contributed by atoms with Crippen molar-refractivity contribution in [1.29, 1.82) is 0 Å². The first-order chi connectivity index (χ1) is 7.81. The molecule has 88 valence electrons. The van der Waals surface area contributed by atoms with Crippen LogP contribution >= 0.6 is 22.6 Å². The molecule has 0 amide bonds. The fourth-order valence-electron chi connectivity index (χ4n) is 2.27. The van der Waals surface area contributed by atoms with Crippen LogP contribution < -0.4 is 10.6 Å². The number of rotatable bonds is 3. The van der Waals surface area contributed by atoms with E-state index in [2.05, 4.69) is 37.5 Å². The molecule has 0 aliphatic carbocycles. The van der Waals surface area contributed by atoms with E-state index in [4.69, 9.17) is 5.73 Å². The van der Waals surface area contributed by atoms with Crippen LogP contribution in [0.15, 0.2) is 12.5 Å². The highest BCUT2D eigenvalue weighted by Gasteiger charge is 2.21. The summed E-state index contributed by atoms with van der Waals surface area (Å²) < 4.78 is 1.13. The van der Waals surface area contributed by atoms with Crippen molar-refractivity contribution >= 4 is 28.4 Å². The van der Waals surface area contributed by atoms with Crippen molar-refractivity contribution in [3.8, 4) is 0 Å². The molecule has 1 saturated heterocycles. The standard InChI is InChI=1S/C11H17IN4/c12-10-6-14-8-15-11(10)16-5-1-2-9(7-16)3-4-13/h6,8-9H,1-5,7,13H2. The fourth-order valence-corrected chi connectivity index (χ4v) is 2.91. The predicted molar refractivity (Wildman–Crippen MR) is 73.4 cm³/mol. The number of nitrogens with zero attached hydrogens (tertiary/aromatic N) is 3. The Balaban J connectivity index is 2.07. The lowest BCUT2D eigenvalue weighted by Crippen LogP contribution is -2.37. The molecule has 2 heterocycles. The maximum atomic E-state index is 5.63. The maximum Gasteiger partial charge on any atom is 0.145 e. The lowest BCUT2D eigenvalue weighted by molar-refractivity contribution is 0.394. The third kappa shape index (κ3) is 2.82. The van der Waals surface area contributed by atoms with Crippen LogP contribution in [0.4, 0.5) is 5.82 Å². The minimum Gasteiger partial charge on any atom is -0.355 e. The summed E-state index contributed by atoms with van der Waals surface area (Å²) in [4.78, 5) is 10.8. The molecule has 2 N–H and O–H groups in total. The second kappa shape index (κ2) is 5.77. The summed E-state index contributed by atoms with van der Waals surface area (Å²) in [7, 11) is 0. The zero-order valence-electron chi connectivity index (χ0n) is 9.27. The Kier molecular flexibility index (Phi) is 4.34. The third-order valence-corrected chi connectivity index (χ3v) is 3.80. The number of aromatic nitrogens is 2. The van der Waals surface area contributed by atoms with Crippen molar-refractivity contribution in [3.63, 3.8) is 0 Å². The minimum atomic E-state index is 0.726. The molecular formula is C11H17IN4. The van der Waals surface area contributed by atoms with Gasteiger partial charge in [0.25, 0.3) is 0 Å². The van der Waals surface area contributed by atoms with Crippen molar-refractivity contribution < 1.29 is 0 Å². The molecule has 0 radical (unpaired) electrons. The van der Waals surface area contributed by atoms with Crippen molar-refractivity contribution in [2.24, 2.45) is 11.7 Å². The van der Waals surface area contributed by atoms with E-state index in [0.717, 1.165) is 41.4 Å². The van der Waals surface area contributed by atoms with Gasteiger partial charge in [0.05, 0.1) is 3.57 Å². The zero-order valence-corrected chi connectivity index (χ0v) is 11.4. The van der Waals surface area contributed by atoms with Gasteiger partial charge in [-0.3, -0.25) is 0 Å². The Hall–Kier alpha value is -0.430. The van der Waals surface area contributed by atoms with Gasteiger partial charge in [-0.05, 0) is 54.3 Å². The number of halogens is 1. The van der Waals surface area contributed by atoms with E-state index in [0.29, 0.717) is 0 Å². The Morgan fingerprint density at radius 3 is 3.19 bits per heavy atom. The average molecular weight is 332 g/mol. The first-order valence-electron chi connectivity index (χ1n) is 5.71. The summed E-state index contributed by atoms with van der Waals surface area (Å²) in [5.74, 6) is 1.81. The monoisotopic (exact) mass is 332 g/mol. The molecule has 2 rings (SSSR count). The molecule has 0 aromatic carbocycles. The average Bonchev–Trinajstić information content (AvgIpc) is 2.30. The summed E-state index contributed by atoms with van der Waals surface area (Å²) in [6, 6.07) is 0. The summed E-state index contributed by atoms with van der Waals surface area (Å²) >= 11 is 2.30. The van der Waals surface area contributed by atoms with Crippen LogP contribution in [0.2, 0.25) is 0 Å². The highest BCUT2D eigenvalue weighted by molar-refractivity contribution is 14.1. The third-order valence-electron chi connectivity index (χ3n) is 3.04. The van der Waals surface area contributed by atoms with Gasteiger partial charge in [0.2, 0.25) is 0 Å². The number of hydrogen-bond donors (Lipinski definition) is 1. The molecule has 0 saturated carbocycles. The predicted octanol–water partition coefficient (Wildman–Crippen LogP) is 1.65. The van der Waals surface area contributed by atoms with Crippen molar-refractivity contribution in [1.82, 2.24) is 9.97 Å². The van der Waals surface area contributed by atoms with Gasteiger partial charge in [-0.15, -0.1) is 0 Å². The number of piperidine rings is 1. The van der Waals surface area contributed by atoms with Crippen LogP contribution in [0.5, 0.6) is 0 Å². The lowest BCUT2D eigenvalue weighted by atomic mass is 9.95. The minimum absolute atomic E-state index is 0.726. The van der Waals surface area contributed by atoms with E-state index < -0.39 is 0 Å². The summed E-state index contributed by atoms with van der Waals surface area (Å²) in [5.41, 5.74) is 5.63. The van der Waals surface area contributed by atoms with Crippen LogP contribution in [-0.2, 0) is 0 Å². The molecule has 0 spiro atoms. The van der Waals surface area contributed by atoms with Gasteiger partial charge in [0, 0.05) is 19.3 Å². The Morgan fingerprint density at radius 1 is 1.56 bits per heavy atom. The quantitative estimate of drug-likeness (QED) is 0.855. The van der Waals surface area contributed by atoms with E-state index in [1.54, 1.807) is 6.33 Å². The highest BCUT2D eigenvalue weighted by atomic mass is 127. The first kappa shape index (κ1) is 12.0. The van der Waals surface area contributed by atoms with E-state index in [-0.39, 0.29) is 0 Å². The summed E-state index contributed by atoms with van der Waals surface area (Å²) in [6.45, 7) is 2.98. The molecule has 1 atom stereocenters. The fraction of sp³-hybridized carbons (Fsp3) is 0.636. The van der Waals surface area contributed by atoms with Gasteiger partial charge in [-0.2, -0.15) is 0 Å². The Morgan fingerprint density at radius 2 is 2.44 bits per heavy atom. The van der Waals surface area contributed by atoms with Crippen molar-refractivity contribution in [3.05, 3.63) is 16.1 Å². The molecule has 1 aliphatic heterocycles. The van der Waals surface area contributed by atoms with E-state index in [1.165, 1.54) is 12.8 Å². The summed E-state index contributed by atoms with van der Waals surface area (Å²) in [5, 5.41) is 0. The van der Waals surface area contributed by atoms with E-state index >= 15 is 0 Å². The van der Waals surface area contributed by atoms with Crippen LogP contribution in [-0.4, -0.2) is 29.6 Å². The molecule has 1 aromatic heterocycles. The smallest absolute Gasteiger partial charge is 0.145 e. The van der Waals surface area contributed by atoms with E-state index in [1.807, 2.05) is 6.20 Å². The van der Waals surface area contributed by atoms with Gasteiger partial charge in [0.1, 0.15) is 12.1 Å². The van der Waals surface area contributed by atoms with Crippen LogP contribution in [0.1, 0.15) is 19.3 Å². The lowest BCUT2D eigenvalue weighted by Gasteiger charge is -2.33. The Bertz CT molecular complexity index is 343. The number of nitrogens with two attached hydrogens (primary N) is 1. The van der Waals surface area contributed by atoms with Crippen LogP contribution in [0, 0.1) is 9.49 Å².